The fourth-order valence-electron chi connectivity index (χ4n) is 4.55. The Hall–Kier alpha value is -2.57. The van der Waals surface area contributed by atoms with Crippen LogP contribution < -0.4 is 11.0 Å². The molecule has 2 aliphatic rings. The number of fused-ring (bicyclic) bond motifs is 1. The lowest BCUT2D eigenvalue weighted by atomic mass is 9.86. The first kappa shape index (κ1) is 17.8. The number of rotatable bonds is 4. The number of hydrogen-bond acceptors (Lipinski definition) is 3. The number of amides is 1. The topological polar surface area (TPSA) is 104 Å². The number of benzene rings is 1. The number of imidazole rings is 1. The van der Waals surface area contributed by atoms with E-state index in [1.807, 2.05) is 10.6 Å². The molecule has 0 saturated heterocycles. The lowest BCUT2D eigenvalue weighted by Gasteiger charge is -2.26. The molecule has 27 heavy (non-hydrogen) atoms. The summed E-state index contributed by atoms with van der Waals surface area (Å²) in [6.07, 6.45) is 6.89. The van der Waals surface area contributed by atoms with E-state index < -0.39 is 5.97 Å². The Morgan fingerprint density at radius 3 is 2.44 bits per heavy atom. The third kappa shape index (κ3) is 3.50. The maximum absolute atomic E-state index is 12.6. The van der Waals surface area contributed by atoms with Gasteiger partial charge in [0.2, 0.25) is 0 Å². The summed E-state index contributed by atoms with van der Waals surface area (Å²) < 4.78 is 1.83. The molecule has 1 heterocycles. The number of nitrogens with zero attached hydrogens (tertiary/aromatic N) is 1. The van der Waals surface area contributed by atoms with Gasteiger partial charge in [0.05, 0.1) is 17.0 Å². The maximum atomic E-state index is 12.6. The summed E-state index contributed by atoms with van der Waals surface area (Å²) in [7, 11) is 0. The van der Waals surface area contributed by atoms with E-state index in [2.05, 4.69) is 10.3 Å². The molecule has 2 aromatic rings. The van der Waals surface area contributed by atoms with Crippen LogP contribution in [0.4, 0.5) is 0 Å². The molecule has 3 N–H and O–H groups in total. The SMILES string of the molecule is O=C(NC1CCC(C(=O)O)CC1)c1ccc2c(c1)[nH]c(=O)n2C1CCCC1. The van der Waals surface area contributed by atoms with Gasteiger partial charge in [-0.2, -0.15) is 0 Å². The number of aromatic nitrogens is 2. The normalized spacial score (nSPS) is 23.6. The van der Waals surface area contributed by atoms with Crippen LogP contribution in [-0.4, -0.2) is 32.6 Å². The first-order chi connectivity index (χ1) is 13.0. The summed E-state index contributed by atoms with van der Waals surface area (Å²) in [4.78, 5) is 38.9. The van der Waals surface area contributed by atoms with Gasteiger partial charge in [-0.25, -0.2) is 4.79 Å². The number of carbonyl (C=O) groups is 2. The van der Waals surface area contributed by atoms with E-state index in [1.165, 1.54) is 0 Å². The molecule has 7 nitrogen and oxygen atoms in total. The Morgan fingerprint density at radius 2 is 1.78 bits per heavy atom. The van der Waals surface area contributed by atoms with Gasteiger partial charge < -0.3 is 15.4 Å². The zero-order valence-electron chi connectivity index (χ0n) is 15.2. The fourth-order valence-corrected chi connectivity index (χ4v) is 4.55. The number of carbonyl (C=O) groups excluding carboxylic acids is 1. The van der Waals surface area contributed by atoms with Gasteiger partial charge in [0.15, 0.2) is 0 Å². The maximum Gasteiger partial charge on any atom is 0.326 e. The van der Waals surface area contributed by atoms with E-state index in [0.29, 0.717) is 36.8 Å². The molecule has 0 atom stereocenters. The molecule has 7 heteroatoms. The second kappa shape index (κ2) is 7.21. The summed E-state index contributed by atoms with van der Waals surface area (Å²) in [5, 5.41) is 12.1. The molecule has 0 radical (unpaired) electrons. The second-order valence-corrected chi connectivity index (χ2v) is 7.83. The molecule has 2 aliphatic carbocycles. The van der Waals surface area contributed by atoms with Gasteiger partial charge in [-0.1, -0.05) is 12.8 Å². The van der Waals surface area contributed by atoms with Crippen molar-refractivity contribution in [3.05, 3.63) is 34.2 Å². The van der Waals surface area contributed by atoms with Crippen molar-refractivity contribution in [2.45, 2.75) is 63.5 Å². The van der Waals surface area contributed by atoms with Crippen LogP contribution in [0.5, 0.6) is 0 Å². The summed E-state index contributed by atoms with van der Waals surface area (Å²) in [5.41, 5.74) is 1.95. The van der Waals surface area contributed by atoms with E-state index >= 15 is 0 Å². The minimum atomic E-state index is -0.749. The standard InChI is InChI=1S/C20H25N3O4/c24-18(21-14-8-5-12(6-9-14)19(25)26)13-7-10-17-16(11-13)22-20(27)23(17)15-3-1-2-4-15/h7,10-12,14-15H,1-6,8-9H2,(H,21,24)(H,22,27)(H,25,26). The molecular formula is C20H25N3O4. The summed E-state index contributed by atoms with van der Waals surface area (Å²) in [6.45, 7) is 0. The smallest absolute Gasteiger partial charge is 0.326 e. The Kier molecular flexibility index (Phi) is 4.76. The average Bonchev–Trinajstić information content (AvgIpc) is 3.27. The van der Waals surface area contributed by atoms with Crippen molar-refractivity contribution in [3.8, 4) is 0 Å². The molecule has 2 fully saturated rings. The van der Waals surface area contributed by atoms with E-state index in [4.69, 9.17) is 5.11 Å². The van der Waals surface area contributed by atoms with Crippen molar-refractivity contribution in [1.29, 1.82) is 0 Å². The van der Waals surface area contributed by atoms with Crippen LogP contribution in [0.25, 0.3) is 11.0 Å². The van der Waals surface area contributed by atoms with Crippen molar-refractivity contribution in [2.24, 2.45) is 5.92 Å². The van der Waals surface area contributed by atoms with Crippen LogP contribution in [-0.2, 0) is 4.79 Å². The highest BCUT2D eigenvalue weighted by Gasteiger charge is 2.27. The third-order valence-corrected chi connectivity index (χ3v) is 6.08. The summed E-state index contributed by atoms with van der Waals surface area (Å²) >= 11 is 0. The highest BCUT2D eigenvalue weighted by molar-refractivity contribution is 5.97. The zero-order chi connectivity index (χ0) is 19.0. The van der Waals surface area contributed by atoms with E-state index in [9.17, 15) is 14.4 Å². The number of aliphatic carboxylic acids is 1. The van der Waals surface area contributed by atoms with Gasteiger partial charge in [-0.3, -0.25) is 14.2 Å². The van der Waals surface area contributed by atoms with Gasteiger partial charge in [-0.15, -0.1) is 0 Å². The third-order valence-electron chi connectivity index (χ3n) is 6.08. The monoisotopic (exact) mass is 371 g/mol. The van der Waals surface area contributed by atoms with Crippen molar-refractivity contribution >= 4 is 22.9 Å². The molecule has 0 unspecified atom stereocenters. The van der Waals surface area contributed by atoms with Crippen molar-refractivity contribution < 1.29 is 14.7 Å². The minimum Gasteiger partial charge on any atom is -0.481 e. The number of carboxylic acids is 1. The minimum absolute atomic E-state index is 0.00549. The van der Waals surface area contributed by atoms with Crippen molar-refractivity contribution in [2.75, 3.05) is 0 Å². The first-order valence-corrected chi connectivity index (χ1v) is 9.81. The zero-order valence-corrected chi connectivity index (χ0v) is 15.2. The van der Waals surface area contributed by atoms with Crippen LogP contribution in [0.2, 0.25) is 0 Å². The highest BCUT2D eigenvalue weighted by atomic mass is 16.4. The molecular weight excluding hydrogens is 346 g/mol. The Bertz CT molecular complexity index is 915. The molecule has 1 aromatic carbocycles. The number of carboxylic acid groups (broad SMARTS) is 1. The number of hydrogen-bond donors (Lipinski definition) is 3. The van der Waals surface area contributed by atoms with Crippen LogP contribution in [0.1, 0.15) is 67.8 Å². The van der Waals surface area contributed by atoms with E-state index in [0.717, 1.165) is 31.2 Å². The average molecular weight is 371 g/mol. The van der Waals surface area contributed by atoms with E-state index in [-0.39, 0.29) is 29.6 Å². The molecule has 4 rings (SSSR count). The van der Waals surface area contributed by atoms with Gasteiger partial charge in [0, 0.05) is 17.6 Å². The van der Waals surface area contributed by atoms with Crippen LogP contribution in [0, 0.1) is 5.92 Å². The Labute approximate surface area is 156 Å². The largest absolute Gasteiger partial charge is 0.481 e. The molecule has 0 bridgehead atoms. The molecule has 2 saturated carbocycles. The Balaban J connectivity index is 1.48. The van der Waals surface area contributed by atoms with Crippen molar-refractivity contribution in [3.63, 3.8) is 0 Å². The predicted molar refractivity (Wildman–Crippen MR) is 101 cm³/mol. The van der Waals surface area contributed by atoms with Gasteiger partial charge in [-0.05, 0) is 56.7 Å². The molecule has 0 aliphatic heterocycles. The van der Waals surface area contributed by atoms with Crippen LogP contribution in [0.3, 0.4) is 0 Å². The number of H-pyrrole nitrogens is 1. The lowest BCUT2D eigenvalue weighted by molar-refractivity contribution is -0.142. The van der Waals surface area contributed by atoms with Crippen LogP contribution >= 0.6 is 0 Å². The Morgan fingerprint density at radius 1 is 1.07 bits per heavy atom. The predicted octanol–water partition coefficient (Wildman–Crippen LogP) is 2.82. The van der Waals surface area contributed by atoms with E-state index in [1.54, 1.807) is 12.1 Å². The van der Waals surface area contributed by atoms with Crippen LogP contribution in [0.15, 0.2) is 23.0 Å². The molecule has 1 aromatic heterocycles. The molecule has 144 valence electrons. The number of aromatic amines is 1. The lowest BCUT2D eigenvalue weighted by Crippen LogP contribution is -2.38. The second-order valence-electron chi connectivity index (χ2n) is 7.83. The molecule has 0 spiro atoms. The van der Waals surface area contributed by atoms with Gasteiger partial charge in [0.25, 0.3) is 5.91 Å². The quantitative estimate of drug-likeness (QED) is 0.769. The first-order valence-electron chi connectivity index (χ1n) is 9.81. The highest BCUT2D eigenvalue weighted by Crippen LogP contribution is 2.31. The molecule has 1 amide bonds. The number of nitrogens with one attached hydrogen (secondary N) is 2. The van der Waals surface area contributed by atoms with Gasteiger partial charge in [0.1, 0.15) is 0 Å². The summed E-state index contributed by atoms with van der Waals surface area (Å²) in [5.74, 6) is -1.22. The summed E-state index contributed by atoms with van der Waals surface area (Å²) in [6, 6.07) is 5.60. The van der Waals surface area contributed by atoms with Crippen molar-refractivity contribution in [1.82, 2.24) is 14.9 Å². The van der Waals surface area contributed by atoms with Gasteiger partial charge >= 0.3 is 11.7 Å². The fraction of sp³-hybridized carbons (Fsp3) is 0.550.